The van der Waals surface area contributed by atoms with Gasteiger partial charge in [-0.05, 0) is 36.2 Å². The maximum Gasteiger partial charge on any atom is 0.196 e. The summed E-state index contributed by atoms with van der Waals surface area (Å²) in [5, 5.41) is 0. The molecule has 0 amide bonds. The van der Waals surface area contributed by atoms with Crippen molar-refractivity contribution in [2.24, 2.45) is 5.73 Å². The van der Waals surface area contributed by atoms with Crippen molar-refractivity contribution < 1.29 is 4.79 Å². The molecule has 0 atom stereocenters. The standard InChI is InChI=1S/C19H19N3O/c20-8-3-9-22-11-12-10-13(21)6-7-14(12)17-18(22)15-4-1-2-5-16(15)19(17)23/h1-2,4-7,10H,3,8-9,11,20-21H2. The minimum atomic E-state index is 0.110. The predicted octanol–water partition coefficient (Wildman–Crippen LogP) is 2.50. The van der Waals surface area contributed by atoms with E-state index in [1.807, 2.05) is 42.5 Å². The smallest absolute Gasteiger partial charge is 0.196 e. The SMILES string of the molecule is NCCCN1Cc2cc(N)ccc2C2=C1c1ccccc1C2=O. The highest BCUT2D eigenvalue weighted by Gasteiger charge is 2.37. The lowest BCUT2D eigenvalue weighted by molar-refractivity contribution is 0.105. The van der Waals surface area contributed by atoms with Crippen LogP contribution in [-0.2, 0) is 6.54 Å². The lowest BCUT2D eigenvalue weighted by atomic mass is 9.92. The van der Waals surface area contributed by atoms with Crippen molar-refractivity contribution in [1.82, 2.24) is 4.90 Å². The molecule has 4 N–H and O–H groups in total. The fourth-order valence-electron chi connectivity index (χ4n) is 3.59. The number of rotatable bonds is 3. The zero-order valence-corrected chi connectivity index (χ0v) is 12.9. The first-order valence-electron chi connectivity index (χ1n) is 7.93. The van der Waals surface area contributed by atoms with Gasteiger partial charge in [0.05, 0.1) is 11.3 Å². The normalized spacial score (nSPS) is 15.5. The number of hydrogen-bond acceptors (Lipinski definition) is 4. The lowest BCUT2D eigenvalue weighted by Crippen LogP contribution is -2.28. The van der Waals surface area contributed by atoms with Gasteiger partial charge in [0.2, 0.25) is 0 Å². The first kappa shape index (κ1) is 14.0. The van der Waals surface area contributed by atoms with Crippen molar-refractivity contribution in [3.63, 3.8) is 0 Å². The summed E-state index contributed by atoms with van der Waals surface area (Å²) in [6, 6.07) is 13.7. The average molecular weight is 305 g/mol. The second-order valence-corrected chi connectivity index (χ2v) is 6.08. The monoisotopic (exact) mass is 305 g/mol. The molecule has 0 aromatic heterocycles. The predicted molar refractivity (Wildman–Crippen MR) is 92.5 cm³/mol. The van der Waals surface area contributed by atoms with E-state index in [4.69, 9.17) is 11.5 Å². The number of anilines is 1. The minimum Gasteiger partial charge on any atom is -0.399 e. The van der Waals surface area contributed by atoms with Gasteiger partial charge in [-0.25, -0.2) is 0 Å². The molecule has 1 aliphatic carbocycles. The number of nitrogens with two attached hydrogens (primary N) is 2. The molecule has 4 rings (SSSR count). The molecule has 23 heavy (non-hydrogen) atoms. The Morgan fingerprint density at radius 3 is 2.61 bits per heavy atom. The number of nitrogens with zero attached hydrogens (tertiary/aromatic N) is 1. The number of allylic oxidation sites excluding steroid dienone is 1. The number of benzene rings is 2. The Kier molecular flexibility index (Phi) is 3.20. The van der Waals surface area contributed by atoms with Crippen LogP contribution in [0.25, 0.3) is 11.3 Å². The number of carbonyl (C=O) groups is 1. The van der Waals surface area contributed by atoms with E-state index in [0.29, 0.717) is 6.54 Å². The summed E-state index contributed by atoms with van der Waals surface area (Å²) in [5.41, 5.74) is 18.2. The molecule has 0 saturated carbocycles. The molecule has 2 aromatic carbocycles. The van der Waals surface area contributed by atoms with E-state index in [-0.39, 0.29) is 5.78 Å². The molecule has 4 nitrogen and oxygen atoms in total. The fraction of sp³-hybridized carbons (Fsp3) is 0.211. The van der Waals surface area contributed by atoms with Gasteiger partial charge >= 0.3 is 0 Å². The third-order valence-corrected chi connectivity index (χ3v) is 4.60. The van der Waals surface area contributed by atoms with Crippen LogP contribution in [0.3, 0.4) is 0 Å². The molecule has 4 heteroatoms. The molecule has 0 unspecified atom stereocenters. The Bertz CT molecular complexity index is 838. The minimum absolute atomic E-state index is 0.110. The highest BCUT2D eigenvalue weighted by molar-refractivity contribution is 6.40. The second kappa shape index (κ2) is 5.25. The molecular weight excluding hydrogens is 286 g/mol. The van der Waals surface area contributed by atoms with Gasteiger partial charge in [-0.2, -0.15) is 0 Å². The summed E-state index contributed by atoms with van der Waals surface area (Å²) in [6.45, 7) is 2.24. The highest BCUT2D eigenvalue weighted by atomic mass is 16.1. The van der Waals surface area contributed by atoms with E-state index >= 15 is 0 Å². The van der Waals surface area contributed by atoms with E-state index in [0.717, 1.165) is 58.7 Å². The van der Waals surface area contributed by atoms with Crippen molar-refractivity contribution >= 4 is 22.7 Å². The van der Waals surface area contributed by atoms with Gasteiger partial charge < -0.3 is 16.4 Å². The molecule has 0 fully saturated rings. The Morgan fingerprint density at radius 1 is 1.04 bits per heavy atom. The van der Waals surface area contributed by atoms with Crippen LogP contribution in [0.15, 0.2) is 42.5 Å². The fourth-order valence-corrected chi connectivity index (χ4v) is 3.59. The summed E-state index contributed by atoms with van der Waals surface area (Å²) in [7, 11) is 0. The molecular formula is C19H19N3O. The summed E-state index contributed by atoms with van der Waals surface area (Å²) >= 11 is 0. The van der Waals surface area contributed by atoms with Gasteiger partial charge in [-0.1, -0.05) is 30.3 Å². The molecule has 1 aliphatic heterocycles. The average Bonchev–Trinajstić information content (AvgIpc) is 2.86. The molecule has 0 saturated heterocycles. The van der Waals surface area contributed by atoms with Crippen molar-refractivity contribution in [2.45, 2.75) is 13.0 Å². The van der Waals surface area contributed by atoms with Crippen molar-refractivity contribution in [3.8, 4) is 0 Å². The lowest BCUT2D eigenvalue weighted by Gasteiger charge is -2.32. The third kappa shape index (κ3) is 2.06. The van der Waals surface area contributed by atoms with Crippen LogP contribution in [0.1, 0.15) is 33.5 Å². The summed E-state index contributed by atoms with van der Waals surface area (Å²) in [4.78, 5) is 15.2. The first-order valence-corrected chi connectivity index (χ1v) is 7.93. The zero-order chi connectivity index (χ0) is 16.0. The number of Topliss-reactive ketones (excluding diaryl/α,β-unsaturated/α-hetero) is 1. The number of fused-ring (bicyclic) bond motifs is 4. The van der Waals surface area contributed by atoms with Gasteiger partial charge in [0.25, 0.3) is 0 Å². The Balaban J connectivity index is 1.92. The van der Waals surface area contributed by atoms with Crippen LogP contribution in [0.4, 0.5) is 5.69 Å². The van der Waals surface area contributed by atoms with Crippen LogP contribution in [-0.4, -0.2) is 23.8 Å². The molecule has 2 aromatic rings. The van der Waals surface area contributed by atoms with Crippen LogP contribution in [0.2, 0.25) is 0 Å². The van der Waals surface area contributed by atoms with Crippen LogP contribution < -0.4 is 11.5 Å². The van der Waals surface area contributed by atoms with Gasteiger partial charge in [-0.15, -0.1) is 0 Å². The van der Waals surface area contributed by atoms with Crippen LogP contribution in [0.5, 0.6) is 0 Å². The van der Waals surface area contributed by atoms with Crippen molar-refractivity contribution in [3.05, 3.63) is 64.7 Å². The molecule has 0 radical (unpaired) electrons. The van der Waals surface area contributed by atoms with Crippen LogP contribution in [0, 0.1) is 0 Å². The molecule has 2 aliphatic rings. The van der Waals surface area contributed by atoms with Crippen molar-refractivity contribution in [1.29, 1.82) is 0 Å². The van der Waals surface area contributed by atoms with E-state index in [9.17, 15) is 4.79 Å². The summed E-state index contributed by atoms with van der Waals surface area (Å²) < 4.78 is 0. The summed E-state index contributed by atoms with van der Waals surface area (Å²) in [5.74, 6) is 0.110. The second-order valence-electron chi connectivity index (χ2n) is 6.08. The topological polar surface area (TPSA) is 72.3 Å². The first-order chi connectivity index (χ1) is 11.2. The largest absolute Gasteiger partial charge is 0.399 e. The third-order valence-electron chi connectivity index (χ3n) is 4.60. The maximum absolute atomic E-state index is 13.0. The Hall–Kier alpha value is -2.59. The molecule has 1 heterocycles. The van der Waals surface area contributed by atoms with Gasteiger partial charge in [0.1, 0.15) is 0 Å². The van der Waals surface area contributed by atoms with E-state index < -0.39 is 0 Å². The van der Waals surface area contributed by atoms with E-state index in [1.54, 1.807) is 0 Å². The number of ketones is 1. The molecule has 116 valence electrons. The number of nitrogen functional groups attached to an aromatic ring is 1. The highest BCUT2D eigenvalue weighted by Crippen LogP contribution is 2.45. The van der Waals surface area contributed by atoms with Gasteiger partial charge in [0, 0.05) is 29.9 Å². The quantitative estimate of drug-likeness (QED) is 0.855. The van der Waals surface area contributed by atoms with E-state index in [2.05, 4.69) is 4.90 Å². The van der Waals surface area contributed by atoms with Gasteiger partial charge in [-0.3, -0.25) is 4.79 Å². The van der Waals surface area contributed by atoms with E-state index in [1.165, 1.54) is 0 Å². The maximum atomic E-state index is 13.0. The molecule has 0 spiro atoms. The van der Waals surface area contributed by atoms with Crippen LogP contribution >= 0.6 is 0 Å². The number of hydrogen-bond donors (Lipinski definition) is 2. The number of carbonyl (C=O) groups excluding carboxylic acids is 1. The van der Waals surface area contributed by atoms with Gasteiger partial charge in [0.15, 0.2) is 5.78 Å². The zero-order valence-electron chi connectivity index (χ0n) is 12.9. The Labute approximate surface area is 135 Å². The molecule has 0 bridgehead atoms. The Morgan fingerprint density at radius 2 is 1.83 bits per heavy atom. The summed E-state index contributed by atoms with van der Waals surface area (Å²) in [6.07, 6.45) is 0.894. The van der Waals surface area contributed by atoms with Crippen molar-refractivity contribution in [2.75, 3.05) is 18.8 Å².